The fourth-order valence-electron chi connectivity index (χ4n) is 2.77. The molecule has 2 aromatic carbocycles. The number of carbonyl (C=O) groups is 1. The second-order valence-electron chi connectivity index (χ2n) is 6.70. The van der Waals surface area contributed by atoms with Crippen molar-refractivity contribution in [2.75, 3.05) is 12.4 Å². The van der Waals surface area contributed by atoms with Crippen molar-refractivity contribution >= 4 is 28.5 Å². The lowest BCUT2D eigenvalue weighted by molar-refractivity contribution is -0.111. The molecule has 1 heterocycles. The van der Waals surface area contributed by atoms with Crippen LogP contribution in [0.5, 0.6) is 11.5 Å². The predicted octanol–water partition coefficient (Wildman–Crippen LogP) is 5.04. The molecule has 1 N–H and O–H groups in total. The van der Waals surface area contributed by atoms with E-state index in [-0.39, 0.29) is 5.91 Å². The highest BCUT2D eigenvalue weighted by atomic mass is 32.1. The summed E-state index contributed by atoms with van der Waals surface area (Å²) in [5.74, 6) is 1.01. The Morgan fingerprint density at radius 3 is 2.77 bits per heavy atom. The smallest absolute Gasteiger partial charge is 0.250 e. The van der Waals surface area contributed by atoms with Crippen molar-refractivity contribution in [3.8, 4) is 11.5 Å². The van der Waals surface area contributed by atoms with Crippen LogP contribution in [0.3, 0.4) is 0 Å². The van der Waals surface area contributed by atoms with E-state index in [1.165, 1.54) is 23.0 Å². The van der Waals surface area contributed by atoms with Crippen molar-refractivity contribution in [1.82, 2.24) is 10.2 Å². The van der Waals surface area contributed by atoms with Crippen LogP contribution in [-0.2, 0) is 17.8 Å². The average molecular weight is 424 g/mol. The van der Waals surface area contributed by atoms with Crippen LogP contribution in [0.1, 0.15) is 35.0 Å². The zero-order valence-corrected chi connectivity index (χ0v) is 18.2. The normalized spacial score (nSPS) is 10.9. The maximum Gasteiger partial charge on any atom is 0.250 e. The van der Waals surface area contributed by atoms with Crippen molar-refractivity contribution in [2.45, 2.75) is 33.3 Å². The van der Waals surface area contributed by atoms with E-state index in [2.05, 4.69) is 35.4 Å². The summed E-state index contributed by atoms with van der Waals surface area (Å²) >= 11 is 1.40. The summed E-state index contributed by atoms with van der Waals surface area (Å²) < 4.78 is 11.4. The Hall–Kier alpha value is -3.19. The van der Waals surface area contributed by atoms with E-state index >= 15 is 0 Å². The second-order valence-corrected chi connectivity index (χ2v) is 7.76. The highest BCUT2D eigenvalue weighted by Crippen LogP contribution is 2.29. The van der Waals surface area contributed by atoms with Gasteiger partial charge in [0.25, 0.3) is 0 Å². The second kappa shape index (κ2) is 10.5. The highest BCUT2D eigenvalue weighted by molar-refractivity contribution is 7.15. The van der Waals surface area contributed by atoms with Gasteiger partial charge in [0.15, 0.2) is 11.5 Å². The molecule has 0 unspecified atom stereocenters. The number of anilines is 1. The van der Waals surface area contributed by atoms with Crippen LogP contribution in [0.25, 0.3) is 6.08 Å². The highest BCUT2D eigenvalue weighted by Gasteiger charge is 2.08. The minimum atomic E-state index is -0.256. The number of carbonyl (C=O) groups excluding carboxylic acids is 1. The third-order valence-corrected chi connectivity index (χ3v) is 5.32. The topological polar surface area (TPSA) is 73.3 Å². The van der Waals surface area contributed by atoms with Gasteiger partial charge in [0.2, 0.25) is 11.0 Å². The molecule has 30 heavy (non-hydrogen) atoms. The largest absolute Gasteiger partial charge is 0.493 e. The summed E-state index contributed by atoms with van der Waals surface area (Å²) in [6, 6.07) is 13.7. The number of hydrogen-bond acceptors (Lipinski definition) is 6. The molecule has 0 spiro atoms. The first-order chi connectivity index (χ1) is 14.6. The number of benzene rings is 2. The first-order valence-corrected chi connectivity index (χ1v) is 10.6. The lowest BCUT2D eigenvalue weighted by Gasteiger charge is -2.12. The van der Waals surface area contributed by atoms with Gasteiger partial charge in [0.05, 0.1) is 7.11 Å². The Balaban J connectivity index is 1.61. The fourth-order valence-corrected chi connectivity index (χ4v) is 3.62. The number of ether oxygens (including phenoxy) is 2. The van der Waals surface area contributed by atoms with Crippen molar-refractivity contribution < 1.29 is 14.3 Å². The Labute approximate surface area is 180 Å². The first-order valence-electron chi connectivity index (χ1n) is 9.76. The van der Waals surface area contributed by atoms with Crippen molar-refractivity contribution in [3.63, 3.8) is 0 Å². The lowest BCUT2D eigenvalue weighted by atomic mass is 10.1. The Kier molecular flexibility index (Phi) is 7.57. The molecule has 1 amide bonds. The van der Waals surface area contributed by atoms with Crippen LogP contribution in [0, 0.1) is 6.92 Å². The summed E-state index contributed by atoms with van der Waals surface area (Å²) in [7, 11) is 1.60. The zero-order valence-electron chi connectivity index (χ0n) is 17.3. The number of aromatic nitrogens is 2. The maximum atomic E-state index is 12.2. The monoisotopic (exact) mass is 423 g/mol. The van der Waals surface area contributed by atoms with Crippen LogP contribution in [-0.4, -0.2) is 23.2 Å². The quantitative estimate of drug-likeness (QED) is 0.488. The number of rotatable bonds is 9. The first kappa shape index (κ1) is 21.5. The molecule has 7 heteroatoms. The van der Waals surface area contributed by atoms with E-state index in [4.69, 9.17) is 9.47 Å². The molecule has 0 atom stereocenters. The average Bonchev–Trinajstić information content (AvgIpc) is 3.19. The van der Waals surface area contributed by atoms with Crippen LogP contribution in [0.4, 0.5) is 5.13 Å². The molecule has 156 valence electrons. The van der Waals surface area contributed by atoms with Crippen LogP contribution in [0.2, 0.25) is 0 Å². The Morgan fingerprint density at radius 1 is 1.17 bits per heavy atom. The number of methoxy groups -OCH3 is 1. The summed E-state index contributed by atoms with van der Waals surface area (Å²) in [5, 5.41) is 12.2. The van der Waals surface area contributed by atoms with Crippen molar-refractivity contribution in [3.05, 3.63) is 70.2 Å². The van der Waals surface area contributed by atoms with Crippen molar-refractivity contribution in [1.29, 1.82) is 0 Å². The van der Waals surface area contributed by atoms with E-state index in [0.29, 0.717) is 23.2 Å². The summed E-state index contributed by atoms with van der Waals surface area (Å²) in [4.78, 5) is 12.2. The summed E-state index contributed by atoms with van der Waals surface area (Å²) in [6.45, 7) is 4.60. The fraction of sp³-hybridized carbons (Fsp3) is 0.261. The Morgan fingerprint density at radius 2 is 2.00 bits per heavy atom. The molecule has 0 radical (unpaired) electrons. The molecule has 0 aliphatic carbocycles. The minimum absolute atomic E-state index is 0.256. The molecule has 1 aromatic heterocycles. The van der Waals surface area contributed by atoms with Crippen molar-refractivity contribution in [2.24, 2.45) is 0 Å². The molecule has 0 saturated heterocycles. The molecular weight excluding hydrogens is 398 g/mol. The van der Waals surface area contributed by atoms with Gasteiger partial charge in [-0.15, -0.1) is 10.2 Å². The number of nitrogens with one attached hydrogen (secondary N) is 1. The molecule has 0 saturated carbocycles. The van der Waals surface area contributed by atoms with Gasteiger partial charge >= 0.3 is 0 Å². The summed E-state index contributed by atoms with van der Waals surface area (Å²) in [5.41, 5.74) is 3.13. The number of hydrogen-bond donors (Lipinski definition) is 1. The van der Waals surface area contributed by atoms with Crippen LogP contribution < -0.4 is 14.8 Å². The number of nitrogens with zero attached hydrogens (tertiary/aromatic N) is 2. The molecule has 3 aromatic rings. The van der Waals surface area contributed by atoms with Crippen LogP contribution in [0.15, 0.2) is 48.5 Å². The molecular formula is C23H25N3O3S. The maximum absolute atomic E-state index is 12.2. The predicted molar refractivity (Wildman–Crippen MR) is 120 cm³/mol. The van der Waals surface area contributed by atoms with Gasteiger partial charge in [-0.1, -0.05) is 48.6 Å². The molecule has 3 rings (SSSR count). The number of amides is 1. The molecule has 0 aliphatic heterocycles. The third kappa shape index (κ3) is 5.90. The lowest BCUT2D eigenvalue weighted by Crippen LogP contribution is -2.07. The van der Waals surface area contributed by atoms with Gasteiger partial charge in [-0.3, -0.25) is 10.1 Å². The van der Waals surface area contributed by atoms with E-state index in [9.17, 15) is 4.79 Å². The van der Waals surface area contributed by atoms with Gasteiger partial charge in [-0.05, 0) is 48.2 Å². The molecule has 6 nitrogen and oxygen atoms in total. The van der Waals surface area contributed by atoms with Gasteiger partial charge in [0, 0.05) is 12.5 Å². The number of aryl methyl sites for hydroxylation is 2. The third-order valence-electron chi connectivity index (χ3n) is 4.42. The molecule has 0 bridgehead atoms. The van der Waals surface area contributed by atoms with Gasteiger partial charge < -0.3 is 9.47 Å². The molecule has 0 aliphatic rings. The van der Waals surface area contributed by atoms with Gasteiger partial charge in [-0.25, -0.2) is 0 Å². The SMILES string of the molecule is CCCc1nnc(NC(=O)/C=C/c2ccc(OCc3ccccc3C)c(OC)c2)s1. The van der Waals surface area contributed by atoms with Gasteiger partial charge in [-0.2, -0.15) is 0 Å². The zero-order chi connectivity index (χ0) is 21.3. The van der Waals surface area contributed by atoms with E-state index in [1.54, 1.807) is 13.2 Å². The van der Waals surface area contributed by atoms with Gasteiger partial charge in [0.1, 0.15) is 11.6 Å². The van der Waals surface area contributed by atoms with E-state index in [0.717, 1.165) is 29.0 Å². The molecule has 0 fully saturated rings. The standard InChI is InChI=1S/C23H25N3O3S/c1-4-7-22-25-26-23(30-22)24-21(27)13-11-17-10-12-19(20(14-17)28-3)29-15-18-9-6-5-8-16(18)2/h5-6,8-14H,4,7,15H2,1-3H3,(H,24,26,27)/b13-11+. The van der Waals surface area contributed by atoms with E-state index in [1.807, 2.05) is 36.4 Å². The Bertz CT molecular complexity index is 1030. The van der Waals surface area contributed by atoms with Crippen LogP contribution >= 0.6 is 11.3 Å². The summed E-state index contributed by atoms with van der Waals surface area (Å²) in [6.07, 6.45) is 5.04. The van der Waals surface area contributed by atoms with E-state index < -0.39 is 0 Å². The minimum Gasteiger partial charge on any atom is -0.493 e.